The lowest BCUT2D eigenvalue weighted by Crippen LogP contribution is -2.27. The van der Waals surface area contributed by atoms with Gasteiger partial charge in [-0.05, 0) is 14.1 Å². The molecule has 0 radical (unpaired) electrons. The van der Waals surface area contributed by atoms with Crippen LogP contribution in [0.15, 0.2) is 12.5 Å². The largest absolute Gasteiger partial charge is 0.478 e. The fraction of sp³-hybridized carbons (Fsp3) is 0.500. The van der Waals surface area contributed by atoms with Crippen molar-refractivity contribution < 1.29 is 9.90 Å². The van der Waals surface area contributed by atoms with Gasteiger partial charge in [-0.2, -0.15) is 0 Å². The van der Waals surface area contributed by atoms with Crippen molar-refractivity contribution in [2.75, 3.05) is 27.2 Å². The summed E-state index contributed by atoms with van der Waals surface area (Å²) in [6.07, 6.45) is 2.67. The van der Waals surface area contributed by atoms with E-state index in [2.05, 4.69) is 15.3 Å². The summed E-state index contributed by atoms with van der Waals surface area (Å²) in [6, 6.07) is 0. The van der Waals surface area contributed by atoms with Gasteiger partial charge in [-0.25, -0.2) is 14.8 Å². The Balaban J connectivity index is 2.50. The van der Waals surface area contributed by atoms with Crippen LogP contribution in [0, 0.1) is 0 Å². The van der Waals surface area contributed by atoms with Gasteiger partial charge < -0.3 is 15.3 Å². The van der Waals surface area contributed by atoms with Crippen molar-refractivity contribution in [1.82, 2.24) is 20.2 Å². The van der Waals surface area contributed by atoms with E-state index in [0.717, 1.165) is 13.1 Å². The van der Waals surface area contributed by atoms with Gasteiger partial charge in [-0.1, -0.05) is 0 Å². The van der Waals surface area contributed by atoms with Crippen molar-refractivity contribution in [3.63, 3.8) is 0 Å². The Morgan fingerprint density at radius 1 is 1.56 bits per heavy atom. The summed E-state index contributed by atoms with van der Waals surface area (Å²) in [6.45, 7) is 2.13. The second kappa shape index (κ2) is 6.14. The van der Waals surface area contributed by atoms with E-state index in [1.807, 2.05) is 19.0 Å². The highest BCUT2D eigenvalue weighted by atomic mass is 16.4. The number of rotatable bonds is 6. The van der Waals surface area contributed by atoms with Crippen LogP contribution in [0.3, 0.4) is 0 Å². The molecule has 1 aromatic heterocycles. The van der Waals surface area contributed by atoms with E-state index >= 15 is 0 Å². The molecule has 0 fully saturated rings. The Morgan fingerprint density at radius 3 is 2.94 bits per heavy atom. The molecule has 0 bridgehead atoms. The molecule has 6 nitrogen and oxygen atoms in total. The lowest BCUT2D eigenvalue weighted by atomic mass is 10.2. The highest BCUT2D eigenvalue weighted by molar-refractivity contribution is 5.88. The second-order valence-corrected chi connectivity index (χ2v) is 3.67. The van der Waals surface area contributed by atoms with E-state index in [1.54, 1.807) is 0 Å². The summed E-state index contributed by atoms with van der Waals surface area (Å²) in [5.41, 5.74) is 0.668. The molecule has 2 N–H and O–H groups in total. The third-order valence-electron chi connectivity index (χ3n) is 2.05. The number of nitrogens with one attached hydrogen (secondary N) is 1. The van der Waals surface area contributed by atoms with Crippen LogP contribution in [0.4, 0.5) is 0 Å². The lowest BCUT2D eigenvalue weighted by Gasteiger charge is -2.10. The standard InChI is InChI=1S/C10H16N4O2/c1-14(2)4-3-11-6-9-8(10(15)16)5-12-7-13-9/h5,7,11H,3-4,6H2,1-2H3,(H,15,16). The van der Waals surface area contributed by atoms with E-state index < -0.39 is 5.97 Å². The summed E-state index contributed by atoms with van der Waals surface area (Å²) in [7, 11) is 3.96. The van der Waals surface area contributed by atoms with Gasteiger partial charge in [0.1, 0.15) is 11.9 Å². The molecule has 1 rings (SSSR count). The number of aromatic carboxylic acids is 1. The van der Waals surface area contributed by atoms with Gasteiger partial charge in [0.15, 0.2) is 0 Å². The van der Waals surface area contributed by atoms with Crippen LogP contribution >= 0.6 is 0 Å². The Kier molecular flexibility index (Phi) is 4.81. The average Bonchev–Trinajstić information content (AvgIpc) is 2.24. The van der Waals surface area contributed by atoms with Crippen molar-refractivity contribution in [1.29, 1.82) is 0 Å². The van der Waals surface area contributed by atoms with Gasteiger partial charge in [0.2, 0.25) is 0 Å². The molecule has 0 saturated carbocycles. The van der Waals surface area contributed by atoms with Gasteiger partial charge in [0, 0.05) is 25.8 Å². The Hall–Kier alpha value is -1.53. The van der Waals surface area contributed by atoms with Crippen molar-refractivity contribution in [3.05, 3.63) is 23.8 Å². The molecule has 0 amide bonds. The highest BCUT2D eigenvalue weighted by Gasteiger charge is 2.10. The molecule has 16 heavy (non-hydrogen) atoms. The van der Waals surface area contributed by atoms with Crippen LogP contribution in [0.5, 0.6) is 0 Å². The highest BCUT2D eigenvalue weighted by Crippen LogP contribution is 2.02. The van der Waals surface area contributed by atoms with Crippen molar-refractivity contribution >= 4 is 5.97 Å². The average molecular weight is 224 g/mol. The maximum Gasteiger partial charge on any atom is 0.339 e. The summed E-state index contributed by atoms with van der Waals surface area (Å²) < 4.78 is 0. The fourth-order valence-corrected chi connectivity index (χ4v) is 1.18. The molecule has 0 saturated heterocycles. The second-order valence-electron chi connectivity index (χ2n) is 3.67. The van der Waals surface area contributed by atoms with Gasteiger partial charge >= 0.3 is 5.97 Å². The predicted molar refractivity (Wildman–Crippen MR) is 59.3 cm³/mol. The van der Waals surface area contributed by atoms with Gasteiger partial charge in [0.05, 0.1) is 5.69 Å². The number of carbonyl (C=O) groups is 1. The number of carboxylic acid groups (broad SMARTS) is 1. The van der Waals surface area contributed by atoms with E-state index in [-0.39, 0.29) is 5.56 Å². The molecule has 0 aliphatic heterocycles. The van der Waals surface area contributed by atoms with Crippen LogP contribution in [0.25, 0.3) is 0 Å². The third-order valence-corrected chi connectivity index (χ3v) is 2.05. The zero-order valence-electron chi connectivity index (χ0n) is 9.47. The summed E-state index contributed by atoms with van der Waals surface area (Å²) >= 11 is 0. The molecule has 0 unspecified atom stereocenters. The summed E-state index contributed by atoms with van der Waals surface area (Å²) in [5.74, 6) is -0.995. The minimum absolute atomic E-state index is 0.153. The molecule has 1 heterocycles. The van der Waals surface area contributed by atoms with E-state index in [0.29, 0.717) is 12.2 Å². The topological polar surface area (TPSA) is 78.3 Å². The van der Waals surface area contributed by atoms with Crippen LogP contribution < -0.4 is 5.32 Å². The zero-order chi connectivity index (χ0) is 12.0. The quantitative estimate of drug-likeness (QED) is 0.653. The van der Waals surface area contributed by atoms with Gasteiger partial charge in [-0.15, -0.1) is 0 Å². The van der Waals surface area contributed by atoms with Crippen LogP contribution in [-0.4, -0.2) is 53.1 Å². The molecule has 1 aromatic rings. The van der Waals surface area contributed by atoms with Crippen LogP contribution in [0.1, 0.15) is 16.1 Å². The predicted octanol–water partition coefficient (Wildman–Crippen LogP) is -0.174. The van der Waals surface area contributed by atoms with Gasteiger partial charge in [-0.3, -0.25) is 0 Å². The molecule has 88 valence electrons. The fourth-order valence-electron chi connectivity index (χ4n) is 1.18. The zero-order valence-corrected chi connectivity index (χ0v) is 9.47. The smallest absolute Gasteiger partial charge is 0.339 e. The van der Waals surface area contributed by atoms with E-state index in [1.165, 1.54) is 12.5 Å². The summed E-state index contributed by atoms with van der Waals surface area (Å²) in [5, 5.41) is 12.0. The molecule has 0 spiro atoms. The summed E-state index contributed by atoms with van der Waals surface area (Å²) in [4.78, 5) is 20.5. The maximum atomic E-state index is 10.8. The minimum Gasteiger partial charge on any atom is -0.478 e. The lowest BCUT2D eigenvalue weighted by molar-refractivity contribution is 0.0694. The van der Waals surface area contributed by atoms with Crippen LogP contribution in [0.2, 0.25) is 0 Å². The Labute approximate surface area is 94.3 Å². The number of hydrogen-bond donors (Lipinski definition) is 2. The SMILES string of the molecule is CN(C)CCNCc1ncncc1C(=O)O. The first-order chi connectivity index (χ1) is 7.61. The molecule has 6 heteroatoms. The van der Waals surface area contributed by atoms with Crippen LogP contribution in [-0.2, 0) is 6.54 Å². The molecular weight excluding hydrogens is 208 g/mol. The number of hydrogen-bond acceptors (Lipinski definition) is 5. The Bertz CT molecular complexity index is 354. The van der Waals surface area contributed by atoms with Crippen molar-refractivity contribution in [3.8, 4) is 0 Å². The Morgan fingerprint density at radius 2 is 2.31 bits per heavy atom. The monoisotopic (exact) mass is 224 g/mol. The van der Waals surface area contributed by atoms with Crippen molar-refractivity contribution in [2.45, 2.75) is 6.54 Å². The van der Waals surface area contributed by atoms with E-state index in [4.69, 9.17) is 5.11 Å². The number of nitrogens with zero attached hydrogens (tertiary/aromatic N) is 3. The third kappa shape index (κ3) is 3.92. The number of carboxylic acids is 1. The molecule has 0 atom stereocenters. The number of aromatic nitrogens is 2. The minimum atomic E-state index is -0.995. The first kappa shape index (κ1) is 12.5. The molecule has 0 aliphatic rings. The molecule has 0 aromatic carbocycles. The normalized spacial score (nSPS) is 10.7. The number of likely N-dealkylation sites (N-methyl/N-ethyl adjacent to an activating group) is 1. The molecular formula is C10H16N4O2. The molecule has 0 aliphatic carbocycles. The van der Waals surface area contributed by atoms with E-state index in [9.17, 15) is 4.79 Å². The maximum absolute atomic E-state index is 10.8. The van der Waals surface area contributed by atoms with Crippen molar-refractivity contribution in [2.24, 2.45) is 0 Å². The first-order valence-electron chi connectivity index (χ1n) is 4.99. The first-order valence-corrected chi connectivity index (χ1v) is 4.99. The van der Waals surface area contributed by atoms with Gasteiger partial charge in [0.25, 0.3) is 0 Å².